The average molecular weight is 178 g/mol. The van der Waals surface area contributed by atoms with Crippen molar-refractivity contribution in [3.8, 4) is 5.75 Å². The molecule has 0 spiro atoms. The molecule has 3 nitrogen and oxygen atoms in total. The zero-order valence-electron chi connectivity index (χ0n) is 7.86. The summed E-state index contributed by atoms with van der Waals surface area (Å²) in [7, 11) is 0. The van der Waals surface area contributed by atoms with Gasteiger partial charge < -0.3 is 4.84 Å². The van der Waals surface area contributed by atoms with Gasteiger partial charge in [0.1, 0.15) is 0 Å². The minimum Gasteiger partial charge on any atom is -0.404 e. The van der Waals surface area contributed by atoms with Crippen LogP contribution >= 0.6 is 0 Å². The minimum absolute atomic E-state index is 0.879. The molecule has 1 saturated heterocycles. The number of hydroxylamine groups is 2. The summed E-state index contributed by atoms with van der Waals surface area (Å²) >= 11 is 0. The van der Waals surface area contributed by atoms with E-state index in [1.54, 1.807) is 12.4 Å². The molecule has 1 aliphatic heterocycles. The fourth-order valence-electron chi connectivity index (χ4n) is 1.46. The number of aryl methyl sites for hydroxylation is 1. The normalized spacial score (nSPS) is 17.6. The zero-order chi connectivity index (χ0) is 9.10. The van der Waals surface area contributed by atoms with Gasteiger partial charge in [0.15, 0.2) is 5.75 Å². The van der Waals surface area contributed by atoms with Crippen molar-refractivity contribution in [2.45, 2.75) is 19.8 Å². The lowest BCUT2D eigenvalue weighted by atomic mass is 10.3. The molecule has 0 aliphatic carbocycles. The van der Waals surface area contributed by atoms with E-state index in [-0.39, 0.29) is 0 Å². The smallest absolute Gasteiger partial charge is 0.168 e. The van der Waals surface area contributed by atoms with Gasteiger partial charge in [-0.3, -0.25) is 4.98 Å². The Morgan fingerprint density at radius 3 is 2.85 bits per heavy atom. The maximum absolute atomic E-state index is 5.68. The molecular formula is C10H14N2O. The average Bonchev–Trinajstić information content (AvgIpc) is 2.61. The summed E-state index contributed by atoms with van der Waals surface area (Å²) in [6, 6.07) is 1.96. The molecule has 0 saturated carbocycles. The van der Waals surface area contributed by atoms with Gasteiger partial charge >= 0.3 is 0 Å². The van der Waals surface area contributed by atoms with Gasteiger partial charge in [-0.2, -0.15) is 0 Å². The van der Waals surface area contributed by atoms with Crippen molar-refractivity contribution in [2.24, 2.45) is 0 Å². The molecule has 0 radical (unpaired) electrons. The summed E-state index contributed by atoms with van der Waals surface area (Å²) in [6.07, 6.45) is 6.03. The lowest BCUT2D eigenvalue weighted by Crippen LogP contribution is -2.23. The Kier molecular flexibility index (Phi) is 2.45. The van der Waals surface area contributed by atoms with Crippen LogP contribution in [-0.4, -0.2) is 23.1 Å². The van der Waals surface area contributed by atoms with E-state index in [0.717, 1.165) is 24.4 Å². The van der Waals surface area contributed by atoms with Gasteiger partial charge in [-0.1, -0.05) is 0 Å². The monoisotopic (exact) mass is 178 g/mol. The highest BCUT2D eigenvalue weighted by Gasteiger charge is 2.13. The Balaban J connectivity index is 2.04. The maximum atomic E-state index is 5.68. The van der Waals surface area contributed by atoms with Crippen LogP contribution in [0.15, 0.2) is 18.5 Å². The standard InChI is InChI=1S/C10H14N2O/c1-9-4-5-11-8-10(9)13-12-6-2-3-7-12/h4-5,8H,2-3,6-7H2,1H3. The summed E-state index contributed by atoms with van der Waals surface area (Å²) in [5.41, 5.74) is 1.14. The number of pyridine rings is 1. The van der Waals surface area contributed by atoms with Gasteiger partial charge in [0.25, 0.3) is 0 Å². The first-order valence-electron chi connectivity index (χ1n) is 4.70. The largest absolute Gasteiger partial charge is 0.404 e. The van der Waals surface area contributed by atoms with Crippen LogP contribution in [0.2, 0.25) is 0 Å². The topological polar surface area (TPSA) is 25.4 Å². The molecule has 0 unspecified atom stereocenters. The van der Waals surface area contributed by atoms with Gasteiger partial charge in [0.2, 0.25) is 0 Å². The molecule has 0 bridgehead atoms. The fourth-order valence-corrected chi connectivity index (χ4v) is 1.46. The second-order valence-electron chi connectivity index (χ2n) is 3.37. The molecular weight excluding hydrogens is 164 g/mol. The molecule has 1 aromatic heterocycles. The van der Waals surface area contributed by atoms with Crippen molar-refractivity contribution < 1.29 is 4.84 Å². The van der Waals surface area contributed by atoms with Gasteiger partial charge in [0.05, 0.1) is 6.20 Å². The Morgan fingerprint density at radius 2 is 2.15 bits per heavy atom. The number of hydrogen-bond donors (Lipinski definition) is 0. The number of hydrogen-bond acceptors (Lipinski definition) is 3. The third kappa shape index (κ3) is 1.98. The van der Waals surface area contributed by atoms with Crippen molar-refractivity contribution in [2.75, 3.05) is 13.1 Å². The number of aromatic nitrogens is 1. The molecule has 70 valence electrons. The predicted octanol–water partition coefficient (Wildman–Crippen LogP) is 1.78. The molecule has 2 heterocycles. The molecule has 0 amide bonds. The minimum atomic E-state index is 0.879. The lowest BCUT2D eigenvalue weighted by Gasteiger charge is -2.16. The first-order chi connectivity index (χ1) is 6.36. The van der Waals surface area contributed by atoms with Crippen LogP contribution in [0.3, 0.4) is 0 Å². The van der Waals surface area contributed by atoms with E-state index in [1.807, 2.05) is 18.1 Å². The van der Waals surface area contributed by atoms with Crippen LogP contribution in [0.25, 0.3) is 0 Å². The first kappa shape index (κ1) is 8.51. The van der Waals surface area contributed by atoms with Crippen molar-refractivity contribution in [3.05, 3.63) is 24.0 Å². The second-order valence-corrected chi connectivity index (χ2v) is 3.37. The number of nitrogens with zero attached hydrogens (tertiary/aromatic N) is 2. The molecule has 2 rings (SSSR count). The molecule has 1 fully saturated rings. The van der Waals surface area contributed by atoms with E-state index in [1.165, 1.54) is 12.8 Å². The van der Waals surface area contributed by atoms with Gasteiger partial charge in [0, 0.05) is 19.3 Å². The Morgan fingerprint density at radius 1 is 1.38 bits per heavy atom. The second kappa shape index (κ2) is 3.75. The van der Waals surface area contributed by atoms with Crippen molar-refractivity contribution in [1.29, 1.82) is 0 Å². The molecule has 1 aromatic rings. The quantitative estimate of drug-likeness (QED) is 0.690. The van der Waals surface area contributed by atoms with Crippen LogP contribution < -0.4 is 4.84 Å². The Labute approximate surface area is 78.3 Å². The molecule has 3 heteroatoms. The molecule has 0 aromatic carbocycles. The van der Waals surface area contributed by atoms with Crippen molar-refractivity contribution >= 4 is 0 Å². The molecule has 1 aliphatic rings. The maximum Gasteiger partial charge on any atom is 0.168 e. The van der Waals surface area contributed by atoms with E-state index >= 15 is 0 Å². The molecule has 13 heavy (non-hydrogen) atoms. The van der Waals surface area contributed by atoms with Gasteiger partial charge in [-0.15, -0.1) is 5.06 Å². The summed E-state index contributed by atoms with van der Waals surface area (Å²) in [5, 5.41) is 2.00. The third-order valence-electron chi connectivity index (χ3n) is 2.28. The highest BCUT2D eigenvalue weighted by Crippen LogP contribution is 2.18. The van der Waals surface area contributed by atoms with Crippen molar-refractivity contribution in [1.82, 2.24) is 10.0 Å². The molecule has 0 N–H and O–H groups in total. The summed E-state index contributed by atoms with van der Waals surface area (Å²) in [5.74, 6) is 0.879. The Bertz CT molecular complexity index is 282. The number of rotatable bonds is 2. The predicted molar refractivity (Wildman–Crippen MR) is 50.4 cm³/mol. The summed E-state index contributed by atoms with van der Waals surface area (Å²) in [6.45, 7) is 4.11. The lowest BCUT2D eigenvalue weighted by molar-refractivity contribution is -0.0356. The van der Waals surface area contributed by atoms with Gasteiger partial charge in [-0.25, -0.2) is 0 Å². The van der Waals surface area contributed by atoms with E-state index < -0.39 is 0 Å². The first-order valence-corrected chi connectivity index (χ1v) is 4.70. The van der Waals surface area contributed by atoms with E-state index in [0.29, 0.717) is 0 Å². The summed E-state index contributed by atoms with van der Waals surface area (Å²) in [4.78, 5) is 9.71. The van der Waals surface area contributed by atoms with Crippen molar-refractivity contribution in [3.63, 3.8) is 0 Å². The van der Waals surface area contributed by atoms with E-state index in [9.17, 15) is 0 Å². The third-order valence-corrected chi connectivity index (χ3v) is 2.28. The highest BCUT2D eigenvalue weighted by atomic mass is 16.7. The highest BCUT2D eigenvalue weighted by molar-refractivity contribution is 5.27. The zero-order valence-corrected chi connectivity index (χ0v) is 7.86. The van der Waals surface area contributed by atoms with E-state index in [2.05, 4.69) is 4.98 Å². The van der Waals surface area contributed by atoms with Crippen LogP contribution in [0.5, 0.6) is 5.75 Å². The van der Waals surface area contributed by atoms with Crippen LogP contribution in [0.4, 0.5) is 0 Å². The van der Waals surface area contributed by atoms with Crippen LogP contribution in [0, 0.1) is 6.92 Å². The Hall–Kier alpha value is -1.09. The molecule has 0 atom stereocenters. The van der Waals surface area contributed by atoms with E-state index in [4.69, 9.17) is 4.84 Å². The van der Waals surface area contributed by atoms with Crippen LogP contribution in [-0.2, 0) is 0 Å². The fraction of sp³-hybridized carbons (Fsp3) is 0.500. The summed E-state index contributed by atoms with van der Waals surface area (Å²) < 4.78 is 0. The SMILES string of the molecule is Cc1ccncc1ON1CCCC1. The van der Waals surface area contributed by atoms with Gasteiger partial charge in [-0.05, 0) is 31.4 Å². The van der Waals surface area contributed by atoms with Crippen LogP contribution in [0.1, 0.15) is 18.4 Å².